The van der Waals surface area contributed by atoms with E-state index in [4.69, 9.17) is 11.5 Å². The van der Waals surface area contributed by atoms with Crippen molar-refractivity contribution in [2.45, 2.75) is 43.0 Å². The van der Waals surface area contributed by atoms with Crippen LogP contribution in [0.15, 0.2) is 48.5 Å². The second-order valence-corrected chi connectivity index (χ2v) is 11.3. The van der Waals surface area contributed by atoms with Gasteiger partial charge in [0.25, 0.3) is 8.40 Å². The molecule has 0 saturated carbocycles. The summed E-state index contributed by atoms with van der Waals surface area (Å²) in [6.07, 6.45) is -8.82. The van der Waals surface area contributed by atoms with Crippen molar-refractivity contribution in [2.75, 3.05) is 21.4 Å². The van der Waals surface area contributed by atoms with Crippen molar-refractivity contribution in [3.8, 4) is 0 Å². The summed E-state index contributed by atoms with van der Waals surface area (Å²) in [4.78, 5) is 5.75. The highest BCUT2D eigenvalue weighted by atomic mass is 28.3. The van der Waals surface area contributed by atoms with Gasteiger partial charge in [-0.3, -0.25) is 0 Å². The summed E-state index contributed by atoms with van der Waals surface area (Å²) in [7, 11) is -3.52. The van der Waals surface area contributed by atoms with E-state index in [0.717, 1.165) is 0 Å². The van der Waals surface area contributed by atoms with Gasteiger partial charge in [0.05, 0.1) is 0 Å². The van der Waals surface area contributed by atoms with Crippen LogP contribution in [-0.4, -0.2) is 32.3 Å². The lowest BCUT2D eigenvalue weighted by atomic mass is 10.0. The molecule has 0 amide bonds. The predicted molar refractivity (Wildman–Crippen MR) is 111 cm³/mol. The third-order valence-corrected chi connectivity index (χ3v) is 7.69. The number of nitrogen functional groups attached to an aromatic ring is 2. The molecule has 4 nitrogen and oxygen atoms in total. The summed E-state index contributed by atoms with van der Waals surface area (Å²) in [5.74, 6) is -19.3. The third kappa shape index (κ3) is 5.78. The molecule has 0 aliphatic carbocycles. The van der Waals surface area contributed by atoms with Crippen molar-refractivity contribution in [1.29, 1.82) is 0 Å². The normalized spacial score (nSPS) is 13.6. The Balaban J connectivity index is 2.35. The van der Waals surface area contributed by atoms with Gasteiger partial charge in [-0.25, -0.2) is 0 Å². The van der Waals surface area contributed by atoms with Crippen LogP contribution in [0.2, 0.25) is 12.6 Å². The monoisotopic (exact) mass is 504 g/mol. The fraction of sp³-hybridized carbons (Fsp3) is 0.368. The van der Waals surface area contributed by atoms with Crippen molar-refractivity contribution in [2.24, 2.45) is 0 Å². The van der Waals surface area contributed by atoms with Crippen molar-refractivity contribution in [3.63, 3.8) is 0 Å². The highest BCUT2D eigenvalue weighted by Crippen LogP contribution is 2.54. The van der Waals surface area contributed by atoms with E-state index in [9.17, 15) is 39.5 Å². The summed E-state index contributed by atoms with van der Waals surface area (Å²) in [6.45, 7) is 1.37. The molecule has 2 aromatic rings. The molecule has 184 valence electrons. The second kappa shape index (κ2) is 8.87. The Morgan fingerprint density at radius 3 is 1.52 bits per heavy atom. The Kier molecular flexibility index (Phi) is 7.12. The van der Waals surface area contributed by atoms with Gasteiger partial charge in [-0.2, -0.15) is 39.5 Å². The standard InChI is InChI=1S/C19H21F9N4Si/c1-33(31-14-6-2-4-12(29)10-14,32-15-7-3-5-13(30)11-15)9-8-16(20,21)17(22,23)18(24,25)19(26,27)28/h2-7,10-11,31-32H,8-9,29-30H2,1H3. The molecule has 0 radical (unpaired) electrons. The Labute approximate surface area is 184 Å². The SMILES string of the molecule is C[Si](CCC(F)(F)C(F)(F)C(F)(F)C(F)(F)F)(Nc1cccc(N)c1)Nc1cccc(N)c1. The quantitative estimate of drug-likeness (QED) is 0.184. The molecule has 0 unspecified atom stereocenters. The molecule has 0 spiro atoms. The molecule has 0 aliphatic heterocycles. The summed E-state index contributed by atoms with van der Waals surface area (Å²) >= 11 is 0. The van der Waals surface area contributed by atoms with Gasteiger partial charge in [-0.1, -0.05) is 12.1 Å². The van der Waals surface area contributed by atoms with E-state index in [2.05, 4.69) is 9.96 Å². The molecule has 14 heteroatoms. The number of hydrogen-bond acceptors (Lipinski definition) is 4. The fourth-order valence-corrected chi connectivity index (χ4v) is 5.71. The molecule has 0 saturated heterocycles. The molecule has 0 aliphatic rings. The van der Waals surface area contributed by atoms with E-state index in [1.807, 2.05) is 0 Å². The maximum atomic E-state index is 14.2. The number of benzene rings is 2. The first-order valence-electron chi connectivity index (χ1n) is 9.38. The van der Waals surface area contributed by atoms with Crippen LogP contribution in [0.5, 0.6) is 0 Å². The van der Waals surface area contributed by atoms with E-state index in [0.29, 0.717) is 11.4 Å². The lowest BCUT2D eigenvalue weighted by Crippen LogP contribution is -2.61. The number of rotatable bonds is 9. The van der Waals surface area contributed by atoms with E-state index >= 15 is 0 Å². The zero-order valence-electron chi connectivity index (χ0n) is 17.1. The third-order valence-electron chi connectivity index (χ3n) is 4.76. The maximum absolute atomic E-state index is 14.2. The largest absolute Gasteiger partial charge is 0.460 e. The highest BCUT2D eigenvalue weighted by molar-refractivity contribution is 6.84. The zero-order chi connectivity index (χ0) is 25.3. The average molecular weight is 504 g/mol. The smallest absolute Gasteiger partial charge is 0.399 e. The molecule has 2 rings (SSSR count). The highest BCUT2D eigenvalue weighted by Gasteiger charge is 2.81. The number of halogens is 9. The minimum absolute atomic E-state index is 0.280. The van der Waals surface area contributed by atoms with Crippen molar-refractivity contribution < 1.29 is 39.5 Å². The van der Waals surface area contributed by atoms with Gasteiger partial charge in [0.15, 0.2) is 0 Å². The van der Waals surface area contributed by atoms with Gasteiger partial charge >= 0.3 is 23.9 Å². The van der Waals surface area contributed by atoms with Crippen LogP contribution >= 0.6 is 0 Å². The predicted octanol–water partition coefficient (Wildman–Crippen LogP) is 6.31. The fourth-order valence-electron chi connectivity index (χ4n) is 3.00. The van der Waals surface area contributed by atoms with Gasteiger partial charge < -0.3 is 21.4 Å². The summed E-state index contributed by atoms with van der Waals surface area (Å²) in [5.41, 5.74) is 12.5. The lowest BCUT2D eigenvalue weighted by molar-refractivity contribution is -0.396. The molecule has 0 heterocycles. The molecule has 0 atom stereocenters. The number of anilines is 4. The van der Waals surface area contributed by atoms with Crippen LogP contribution in [0, 0.1) is 0 Å². The summed E-state index contributed by atoms with van der Waals surface area (Å²) in [5, 5.41) is 0. The van der Waals surface area contributed by atoms with Crippen molar-refractivity contribution >= 4 is 31.1 Å². The second-order valence-electron chi connectivity index (χ2n) is 7.68. The number of hydrogen-bond donors (Lipinski definition) is 4. The lowest BCUT2D eigenvalue weighted by Gasteiger charge is -2.36. The van der Waals surface area contributed by atoms with Crippen molar-refractivity contribution in [1.82, 2.24) is 0 Å². The summed E-state index contributed by atoms with van der Waals surface area (Å²) in [6, 6.07) is 11.0. The number of nitrogens with two attached hydrogens (primary N) is 2. The van der Waals surface area contributed by atoms with Gasteiger partial charge in [0.1, 0.15) is 0 Å². The minimum Gasteiger partial charge on any atom is -0.399 e. The molecule has 6 N–H and O–H groups in total. The zero-order valence-corrected chi connectivity index (χ0v) is 18.1. The first-order chi connectivity index (χ1) is 14.9. The van der Waals surface area contributed by atoms with Crippen LogP contribution in [0.1, 0.15) is 6.42 Å². The molecule has 2 aromatic carbocycles. The van der Waals surface area contributed by atoms with Crippen LogP contribution in [0.3, 0.4) is 0 Å². The average Bonchev–Trinajstić information content (AvgIpc) is 2.65. The van der Waals surface area contributed by atoms with E-state index in [1.54, 1.807) is 0 Å². The molecule has 0 aromatic heterocycles. The number of alkyl halides is 9. The van der Waals surface area contributed by atoms with Gasteiger partial charge in [-0.05, 0) is 49.0 Å². The van der Waals surface area contributed by atoms with Gasteiger partial charge in [0, 0.05) is 29.2 Å². The Morgan fingerprint density at radius 1 is 0.727 bits per heavy atom. The first kappa shape index (κ1) is 26.5. The van der Waals surface area contributed by atoms with Crippen molar-refractivity contribution in [3.05, 3.63) is 48.5 Å². The minimum atomic E-state index is -6.93. The van der Waals surface area contributed by atoms with Crippen LogP contribution < -0.4 is 21.4 Å². The molecule has 33 heavy (non-hydrogen) atoms. The van der Waals surface area contributed by atoms with Crippen LogP contribution in [-0.2, 0) is 0 Å². The maximum Gasteiger partial charge on any atom is 0.460 e. The molecule has 0 bridgehead atoms. The van der Waals surface area contributed by atoms with Gasteiger partial charge in [0.2, 0.25) is 0 Å². The van der Waals surface area contributed by atoms with Crippen LogP contribution in [0.25, 0.3) is 0 Å². The Morgan fingerprint density at radius 2 is 1.15 bits per heavy atom. The molecular weight excluding hydrogens is 483 g/mol. The molecule has 0 fully saturated rings. The van der Waals surface area contributed by atoms with E-state index in [-0.39, 0.29) is 11.4 Å². The summed E-state index contributed by atoms with van der Waals surface area (Å²) < 4.78 is 119. The Hall–Kier alpha value is -2.77. The topological polar surface area (TPSA) is 76.1 Å². The van der Waals surface area contributed by atoms with Crippen LogP contribution in [0.4, 0.5) is 62.3 Å². The molecular formula is C19H21F9N4Si. The Bertz CT molecular complexity index is 919. The number of nitrogens with one attached hydrogen (secondary N) is 2. The first-order valence-corrected chi connectivity index (χ1v) is 12.1. The van der Waals surface area contributed by atoms with E-state index < -0.39 is 44.8 Å². The van der Waals surface area contributed by atoms with E-state index in [1.165, 1.54) is 55.1 Å². The van der Waals surface area contributed by atoms with Gasteiger partial charge in [-0.15, -0.1) is 0 Å².